The number of carbonyl (C=O) groups is 1. The molecule has 0 heterocycles. The minimum absolute atomic E-state index is 0.180. The van der Waals surface area contributed by atoms with Crippen LogP contribution in [0.2, 0.25) is 10.0 Å². The highest BCUT2D eigenvalue weighted by Gasteiger charge is 2.11. The standard InChI is InChI=1S/C16H16Cl2N2O3S/c1-19-24(22,23)15-5-2-11(3-6-15)4-7-16(21)20-14-9-12(17)8-13(18)10-14/h2-3,5-6,8-10,19H,4,7H2,1H3,(H,20,21). The molecule has 0 bridgehead atoms. The Labute approximate surface area is 151 Å². The van der Waals surface area contributed by atoms with Gasteiger partial charge in [0.2, 0.25) is 15.9 Å². The van der Waals surface area contributed by atoms with Crippen molar-refractivity contribution in [1.29, 1.82) is 0 Å². The molecule has 5 nitrogen and oxygen atoms in total. The smallest absolute Gasteiger partial charge is 0.240 e. The van der Waals surface area contributed by atoms with Gasteiger partial charge in [-0.25, -0.2) is 13.1 Å². The van der Waals surface area contributed by atoms with E-state index in [0.29, 0.717) is 22.2 Å². The topological polar surface area (TPSA) is 75.3 Å². The monoisotopic (exact) mass is 386 g/mol. The van der Waals surface area contributed by atoms with E-state index < -0.39 is 10.0 Å². The van der Waals surface area contributed by atoms with E-state index in [0.717, 1.165) is 5.56 Å². The van der Waals surface area contributed by atoms with Gasteiger partial charge in [-0.05, 0) is 49.4 Å². The molecule has 0 aliphatic carbocycles. The highest BCUT2D eigenvalue weighted by Crippen LogP contribution is 2.22. The van der Waals surface area contributed by atoms with Crippen LogP contribution in [-0.4, -0.2) is 21.4 Å². The van der Waals surface area contributed by atoms with Crippen LogP contribution in [0.25, 0.3) is 0 Å². The van der Waals surface area contributed by atoms with Crippen LogP contribution in [0, 0.1) is 0 Å². The molecule has 0 unspecified atom stereocenters. The number of carbonyl (C=O) groups excluding carboxylic acids is 1. The van der Waals surface area contributed by atoms with Gasteiger partial charge in [-0.3, -0.25) is 4.79 Å². The van der Waals surface area contributed by atoms with E-state index in [1.54, 1.807) is 30.3 Å². The number of hydrogen-bond donors (Lipinski definition) is 2. The molecule has 0 saturated heterocycles. The summed E-state index contributed by atoms with van der Waals surface area (Å²) < 4.78 is 25.5. The largest absolute Gasteiger partial charge is 0.326 e. The molecule has 128 valence electrons. The van der Waals surface area contributed by atoms with Crippen molar-refractivity contribution >= 4 is 44.8 Å². The first-order chi connectivity index (χ1) is 11.3. The van der Waals surface area contributed by atoms with E-state index in [1.165, 1.54) is 19.2 Å². The molecule has 0 fully saturated rings. The molecular formula is C16H16Cl2N2O3S. The van der Waals surface area contributed by atoms with Gasteiger partial charge in [-0.15, -0.1) is 0 Å². The zero-order chi connectivity index (χ0) is 17.7. The van der Waals surface area contributed by atoms with Gasteiger partial charge < -0.3 is 5.32 Å². The molecular weight excluding hydrogens is 371 g/mol. The van der Waals surface area contributed by atoms with Crippen LogP contribution < -0.4 is 10.0 Å². The molecule has 0 radical (unpaired) electrons. The van der Waals surface area contributed by atoms with Crippen LogP contribution in [-0.2, 0) is 21.2 Å². The maximum absolute atomic E-state index is 12.0. The summed E-state index contributed by atoms with van der Waals surface area (Å²) in [5.74, 6) is -0.180. The fourth-order valence-corrected chi connectivity index (χ4v) is 3.32. The van der Waals surface area contributed by atoms with Crippen LogP contribution in [0.5, 0.6) is 0 Å². The molecule has 24 heavy (non-hydrogen) atoms. The van der Waals surface area contributed by atoms with Gasteiger partial charge in [-0.2, -0.15) is 0 Å². The van der Waals surface area contributed by atoms with E-state index in [1.807, 2.05) is 0 Å². The van der Waals surface area contributed by atoms with Gasteiger partial charge in [0.15, 0.2) is 0 Å². The number of sulfonamides is 1. The number of benzene rings is 2. The van der Waals surface area contributed by atoms with E-state index >= 15 is 0 Å². The Morgan fingerprint density at radius 2 is 1.62 bits per heavy atom. The number of rotatable bonds is 6. The fraction of sp³-hybridized carbons (Fsp3) is 0.188. The molecule has 8 heteroatoms. The summed E-state index contributed by atoms with van der Waals surface area (Å²) in [5, 5.41) is 3.61. The summed E-state index contributed by atoms with van der Waals surface area (Å²) in [7, 11) is -2.09. The third-order valence-corrected chi connectivity index (χ3v) is 5.16. The second kappa shape index (κ2) is 7.98. The molecule has 1 amide bonds. The van der Waals surface area contributed by atoms with Crippen molar-refractivity contribution in [3.05, 3.63) is 58.1 Å². The highest BCUT2D eigenvalue weighted by molar-refractivity contribution is 7.89. The number of hydrogen-bond acceptors (Lipinski definition) is 3. The van der Waals surface area contributed by atoms with Crippen LogP contribution in [0.4, 0.5) is 5.69 Å². The van der Waals surface area contributed by atoms with Gasteiger partial charge in [-0.1, -0.05) is 35.3 Å². The summed E-state index contributed by atoms with van der Waals surface area (Å²) >= 11 is 11.8. The average molecular weight is 387 g/mol. The number of halogens is 2. The molecule has 2 aromatic rings. The fourth-order valence-electron chi connectivity index (χ4n) is 2.06. The number of aryl methyl sites for hydroxylation is 1. The van der Waals surface area contributed by atoms with Crippen LogP contribution in [0.1, 0.15) is 12.0 Å². The van der Waals surface area contributed by atoms with E-state index in [-0.39, 0.29) is 17.2 Å². The Bertz CT molecular complexity index is 817. The van der Waals surface area contributed by atoms with E-state index in [4.69, 9.17) is 23.2 Å². The van der Waals surface area contributed by atoms with E-state index in [9.17, 15) is 13.2 Å². The minimum Gasteiger partial charge on any atom is -0.326 e. The minimum atomic E-state index is -3.45. The quantitative estimate of drug-likeness (QED) is 0.797. The Balaban J connectivity index is 1.94. The normalized spacial score (nSPS) is 11.3. The van der Waals surface area contributed by atoms with Crippen molar-refractivity contribution in [3.8, 4) is 0 Å². The first-order valence-corrected chi connectivity index (χ1v) is 9.32. The number of nitrogens with one attached hydrogen (secondary N) is 2. The molecule has 2 aromatic carbocycles. The zero-order valence-corrected chi connectivity index (χ0v) is 15.2. The molecule has 0 aliphatic heterocycles. The zero-order valence-electron chi connectivity index (χ0n) is 12.8. The lowest BCUT2D eigenvalue weighted by atomic mass is 10.1. The highest BCUT2D eigenvalue weighted by atomic mass is 35.5. The molecule has 0 aliphatic rings. The van der Waals surface area contributed by atoms with Crippen LogP contribution in [0.3, 0.4) is 0 Å². The van der Waals surface area contributed by atoms with E-state index in [2.05, 4.69) is 10.0 Å². The van der Waals surface area contributed by atoms with Crippen molar-refractivity contribution in [2.45, 2.75) is 17.7 Å². The molecule has 0 saturated carbocycles. The summed E-state index contributed by atoms with van der Waals surface area (Å²) in [5.41, 5.74) is 1.40. The molecule has 2 N–H and O–H groups in total. The Hall–Kier alpha value is -1.60. The Kier molecular flexibility index (Phi) is 6.23. The van der Waals surface area contributed by atoms with Gasteiger partial charge in [0.05, 0.1) is 4.90 Å². The summed E-state index contributed by atoms with van der Waals surface area (Å²) in [6, 6.07) is 11.2. The Morgan fingerprint density at radius 3 is 2.17 bits per heavy atom. The third-order valence-electron chi connectivity index (χ3n) is 3.29. The van der Waals surface area contributed by atoms with Gasteiger partial charge in [0.1, 0.15) is 0 Å². The van der Waals surface area contributed by atoms with Crippen LogP contribution >= 0.6 is 23.2 Å². The van der Waals surface area contributed by atoms with Crippen LogP contribution in [0.15, 0.2) is 47.4 Å². The predicted octanol–water partition coefficient (Wildman–Crippen LogP) is 3.47. The van der Waals surface area contributed by atoms with Gasteiger partial charge in [0, 0.05) is 22.2 Å². The van der Waals surface area contributed by atoms with Crippen molar-refractivity contribution in [2.75, 3.05) is 12.4 Å². The number of anilines is 1. The first kappa shape index (κ1) is 18.7. The summed E-state index contributed by atoms with van der Waals surface area (Å²) in [6.07, 6.45) is 0.738. The lowest BCUT2D eigenvalue weighted by Crippen LogP contribution is -2.18. The summed E-state index contributed by atoms with van der Waals surface area (Å²) in [4.78, 5) is 12.2. The molecule has 2 rings (SSSR count). The predicted molar refractivity (Wildman–Crippen MR) is 96.1 cm³/mol. The first-order valence-electron chi connectivity index (χ1n) is 7.08. The van der Waals surface area contributed by atoms with Crippen molar-refractivity contribution in [1.82, 2.24) is 4.72 Å². The number of amides is 1. The lowest BCUT2D eigenvalue weighted by Gasteiger charge is -2.07. The van der Waals surface area contributed by atoms with Gasteiger partial charge >= 0.3 is 0 Å². The maximum Gasteiger partial charge on any atom is 0.240 e. The SMILES string of the molecule is CNS(=O)(=O)c1ccc(CCC(=O)Nc2cc(Cl)cc(Cl)c2)cc1. The third kappa shape index (κ3) is 5.21. The van der Waals surface area contributed by atoms with Crippen molar-refractivity contribution < 1.29 is 13.2 Å². The molecule has 0 spiro atoms. The average Bonchev–Trinajstić information content (AvgIpc) is 2.52. The van der Waals surface area contributed by atoms with Crippen molar-refractivity contribution in [2.24, 2.45) is 0 Å². The van der Waals surface area contributed by atoms with Crippen molar-refractivity contribution in [3.63, 3.8) is 0 Å². The summed E-state index contributed by atoms with van der Waals surface area (Å²) in [6.45, 7) is 0. The lowest BCUT2D eigenvalue weighted by molar-refractivity contribution is -0.116. The molecule has 0 atom stereocenters. The maximum atomic E-state index is 12.0. The molecule has 0 aromatic heterocycles. The van der Waals surface area contributed by atoms with Gasteiger partial charge in [0.25, 0.3) is 0 Å². The Morgan fingerprint density at radius 1 is 1.04 bits per heavy atom. The second-order valence-corrected chi connectivity index (χ2v) is 7.82. The second-order valence-electron chi connectivity index (χ2n) is 5.06.